The molecule has 0 aliphatic carbocycles. The Kier molecular flexibility index (Phi) is 50.6. The van der Waals surface area contributed by atoms with Gasteiger partial charge in [0.2, 0.25) is 5.91 Å². The topological polar surface area (TPSA) is 95.9 Å². The Hall–Kier alpha value is -2.44. The largest absolute Gasteiger partial charge is 0.462 e. The fraction of sp³-hybridized carbons (Fsp3) is 0.797. The van der Waals surface area contributed by atoms with Crippen molar-refractivity contribution in [3.63, 3.8) is 0 Å². The molecule has 3 N–H and O–H groups in total. The minimum absolute atomic E-state index is 0.0528. The van der Waals surface area contributed by atoms with Crippen molar-refractivity contribution in [1.29, 1.82) is 0 Å². The van der Waals surface area contributed by atoms with Gasteiger partial charge in [-0.15, -0.1) is 0 Å². The van der Waals surface area contributed by atoms with Crippen LogP contribution in [0.5, 0.6) is 0 Å². The fourth-order valence-electron chi connectivity index (χ4n) is 8.34. The number of carbonyl (C=O) groups is 2. The lowest BCUT2D eigenvalue weighted by molar-refractivity contribution is -0.151. The highest BCUT2D eigenvalue weighted by molar-refractivity contribution is 5.77. The molecule has 0 bridgehead atoms. The Balaban J connectivity index is 4.62. The van der Waals surface area contributed by atoms with Gasteiger partial charge in [0, 0.05) is 6.42 Å². The summed E-state index contributed by atoms with van der Waals surface area (Å²) in [6.45, 7) is 6.44. The highest BCUT2D eigenvalue weighted by Gasteiger charge is 2.24. The van der Waals surface area contributed by atoms with Gasteiger partial charge in [0.15, 0.2) is 0 Å². The minimum Gasteiger partial charge on any atom is -0.462 e. The van der Waals surface area contributed by atoms with E-state index < -0.39 is 18.2 Å². The number of nitrogens with one attached hydrogen (secondary N) is 1. The second-order valence-corrected chi connectivity index (χ2v) is 19.0. The molecule has 0 fully saturated rings. The van der Waals surface area contributed by atoms with Crippen molar-refractivity contribution in [2.75, 3.05) is 6.61 Å². The molecule has 0 saturated carbocycles. The second-order valence-electron chi connectivity index (χ2n) is 19.0. The van der Waals surface area contributed by atoms with E-state index in [1.165, 1.54) is 154 Å². The predicted molar refractivity (Wildman–Crippen MR) is 282 cm³/mol. The summed E-state index contributed by atoms with van der Waals surface area (Å²) in [6.07, 6.45) is 65.7. The van der Waals surface area contributed by atoms with Crippen LogP contribution in [0, 0.1) is 0 Å². The number of hydrogen-bond acceptors (Lipinski definition) is 5. The zero-order valence-electron chi connectivity index (χ0n) is 43.1. The van der Waals surface area contributed by atoms with E-state index in [-0.39, 0.29) is 24.9 Å². The normalized spacial score (nSPS) is 13.6. The van der Waals surface area contributed by atoms with Gasteiger partial charge in [-0.1, -0.05) is 242 Å². The first-order chi connectivity index (χ1) is 32.0. The molecule has 378 valence electrons. The summed E-state index contributed by atoms with van der Waals surface area (Å²) >= 11 is 0. The maximum Gasteiger partial charge on any atom is 0.306 e. The van der Waals surface area contributed by atoms with Crippen LogP contribution in [-0.4, -0.2) is 46.9 Å². The average Bonchev–Trinajstić information content (AvgIpc) is 3.30. The smallest absolute Gasteiger partial charge is 0.306 e. The highest BCUT2D eigenvalue weighted by Crippen LogP contribution is 2.18. The van der Waals surface area contributed by atoms with Gasteiger partial charge in [-0.25, -0.2) is 0 Å². The standard InChI is InChI=1S/C59H107NO5/c1-4-7-10-13-16-19-22-24-26-28-29-30-32-34-37-40-43-46-49-52-59(64)65-55(50-47-44-41-38-36-33-31-27-25-23-20-17-14-11-8-5-2)53-58(63)60-56(54-61)57(62)51-48-45-42-39-35-21-18-15-12-9-6-3/h16,19,23-27,31,33,36,55-57,61-62H,4-15,17-18,20-22,28-30,32,34-35,37-54H2,1-3H3,(H,60,63)/b19-16-,25-23+,26-24-,31-27+,36-33+. The third-order valence-corrected chi connectivity index (χ3v) is 12.6. The number of carbonyl (C=O) groups excluding carboxylic acids is 2. The monoisotopic (exact) mass is 910 g/mol. The molecule has 65 heavy (non-hydrogen) atoms. The molecule has 6 nitrogen and oxygen atoms in total. The van der Waals surface area contributed by atoms with Crippen molar-refractivity contribution in [2.45, 2.75) is 296 Å². The minimum atomic E-state index is -0.799. The molecule has 3 unspecified atom stereocenters. The molecule has 0 aromatic heterocycles. The van der Waals surface area contributed by atoms with E-state index >= 15 is 0 Å². The molecule has 0 aliphatic rings. The van der Waals surface area contributed by atoms with Gasteiger partial charge in [-0.2, -0.15) is 0 Å². The SMILES string of the molecule is CCCCC/C=C\C/C=C\CCCCCCCCCCCC(=O)OC(CCCCC/C=C/C=C/C=C/CCCCCCC)CC(=O)NC(CO)C(O)CCCCCCCCCCCCC. The molecule has 1 amide bonds. The molecule has 0 heterocycles. The molecule has 0 saturated heterocycles. The number of aliphatic hydroxyl groups excluding tert-OH is 2. The van der Waals surface area contributed by atoms with E-state index in [1.54, 1.807) is 0 Å². The number of ether oxygens (including phenoxy) is 1. The lowest BCUT2D eigenvalue weighted by atomic mass is 10.0. The lowest BCUT2D eigenvalue weighted by Gasteiger charge is -2.24. The van der Waals surface area contributed by atoms with Gasteiger partial charge >= 0.3 is 5.97 Å². The average molecular weight is 911 g/mol. The second kappa shape index (κ2) is 52.5. The van der Waals surface area contributed by atoms with Crippen molar-refractivity contribution in [3.05, 3.63) is 60.8 Å². The number of rotatable bonds is 50. The number of unbranched alkanes of at least 4 members (excludes halogenated alkanes) is 30. The van der Waals surface area contributed by atoms with Crippen LogP contribution < -0.4 is 5.32 Å². The van der Waals surface area contributed by atoms with Crippen molar-refractivity contribution in [2.24, 2.45) is 0 Å². The van der Waals surface area contributed by atoms with E-state index in [4.69, 9.17) is 4.74 Å². The van der Waals surface area contributed by atoms with Crippen LogP contribution in [0.3, 0.4) is 0 Å². The van der Waals surface area contributed by atoms with Crippen molar-refractivity contribution >= 4 is 11.9 Å². The molecule has 3 atom stereocenters. The number of aliphatic hydroxyl groups is 2. The first-order valence-electron chi connectivity index (χ1n) is 28.0. The Morgan fingerprint density at radius 3 is 1.34 bits per heavy atom. The van der Waals surface area contributed by atoms with Crippen LogP contribution in [0.2, 0.25) is 0 Å². The van der Waals surface area contributed by atoms with E-state index in [0.29, 0.717) is 19.3 Å². The zero-order chi connectivity index (χ0) is 47.4. The summed E-state index contributed by atoms with van der Waals surface area (Å²) < 4.78 is 5.94. The molecular weight excluding hydrogens is 803 g/mol. The molecule has 6 heteroatoms. The third kappa shape index (κ3) is 47.8. The van der Waals surface area contributed by atoms with Gasteiger partial charge in [-0.05, 0) is 83.5 Å². The van der Waals surface area contributed by atoms with Crippen LogP contribution in [0.15, 0.2) is 60.8 Å². The van der Waals surface area contributed by atoms with Crippen molar-refractivity contribution in [3.8, 4) is 0 Å². The third-order valence-electron chi connectivity index (χ3n) is 12.6. The van der Waals surface area contributed by atoms with Gasteiger partial charge in [-0.3, -0.25) is 9.59 Å². The first kappa shape index (κ1) is 62.6. The number of allylic oxidation sites excluding steroid dienone is 10. The number of esters is 1. The lowest BCUT2D eigenvalue weighted by Crippen LogP contribution is -2.46. The summed E-state index contributed by atoms with van der Waals surface area (Å²) in [4.78, 5) is 26.2. The van der Waals surface area contributed by atoms with E-state index in [2.05, 4.69) is 86.8 Å². The molecule has 0 aromatic rings. The summed E-state index contributed by atoms with van der Waals surface area (Å²) in [7, 11) is 0. The number of hydrogen-bond donors (Lipinski definition) is 3. The summed E-state index contributed by atoms with van der Waals surface area (Å²) in [5.74, 6) is -0.507. The summed E-state index contributed by atoms with van der Waals surface area (Å²) in [5.41, 5.74) is 0. The van der Waals surface area contributed by atoms with Gasteiger partial charge in [0.25, 0.3) is 0 Å². The maximum atomic E-state index is 13.2. The van der Waals surface area contributed by atoms with Gasteiger partial charge < -0.3 is 20.3 Å². The summed E-state index contributed by atoms with van der Waals surface area (Å²) in [5, 5.41) is 23.8. The zero-order valence-corrected chi connectivity index (χ0v) is 43.1. The van der Waals surface area contributed by atoms with E-state index in [9.17, 15) is 19.8 Å². The number of amides is 1. The quantitative estimate of drug-likeness (QED) is 0.0245. The Bertz CT molecular complexity index is 1160. The molecule has 0 aliphatic heterocycles. The Morgan fingerprint density at radius 1 is 0.462 bits per heavy atom. The Labute approximate surface area is 403 Å². The van der Waals surface area contributed by atoms with Crippen molar-refractivity contribution in [1.82, 2.24) is 5.32 Å². The molecule has 0 rings (SSSR count). The predicted octanol–water partition coefficient (Wildman–Crippen LogP) is 17.2. The summed E-state index contributed by atoms with van der Waals surface area (Å²) in [6, 6.07) is -0.714. The van der Waals surface area contributed by atoms with Crippen LogP contribution in [0.1, 0.15) is 278 Å². The fourth-order valence-corrected chi connectivity index (χ4v) is 8.34. The van der Waals surface area contributed by atoms with Crippen LogP contribution in [0.4, 0.5) is 0 Å². The van der Waals surface area contributed by atoms with Gasteiger partial charge in [0.05, 0.1) is 25.2 Å². The first-order valence-corrected chi connectivity index (χ1v) is 28.0. The van der Waals surface area contributed by atoms with Crippen LogP contribution in [0.25, 0.3) is 0 Å². The molecular formula is C59H107NO5. The highest BCUT2D eigenvalue weighted by atomic mass is 16.5. The molecule has 0 radical (unpaired) electrons. The van der Waals surface area contributed by atoms with E-state index in [1.807, 2.05) is 0 Å². The van der Waals surface area contributed by atoms with Crippen molar-refractivity contribution < 1.29 is 24.5 Å². The van der Waals surface area contributed by atoms with E-state index in [0.717, 1.165) is 77.0 Å². The van der Waals surface area contributed by atoms with Gasteiger partial charge in [0.1, 0.15) is 6.10 Å². The Morgan fingerprint density at radius 2 is 0.846 bits per heavy atom. The van der Waals surface area contributed by atoms with Crippen LogP contribution in [-0.2, 0) is 14.3 Å². The van der Waals surface area contributed by atoms with Crippen LogP contribution >= 0.6 is 0 Å². The molecule has 0 aromatic carbocycles. The molecule has 0 spiro atoms. The maximum absolute atomic E-state index is 13.2.